The summed E-state index contributed by atoms with van der Waals surface area (Å²) in [6.07, 6.45) is 4.10. The Hall–Kier alpha value is -2.92. The van der Waals surface area contributed by atoms with Crippen molar-refractivity contribution in [3.05, 3.63) is 70.0 Å². The molecule has 1 aliphatic heterocycles. The van der Waals surface area contributed by atoms with Crippen molar-refractivity contribution in [2.75, 3.05) is 19.6 Å². The van der Waals surface area contributed by atoms with Gasteiger partial charge >= 0.3 is 0 Å². The van der Waals surface area contributed by atoms with Crippen molar-refractivity contribution in [2.24, 2.45) is 4.99 Å². The highest BCUT2D eigenvalue weighted by molar-refractivity contribution is 6.01. The third-order valence-electron chi connectivity index (χ3n) is 5.90. The van der Waals surface area contributed by atoms with E-state index in [0.29, 0.717) is 29.2 Å². The molecule has 2 heterocycles. The maximum atomic E-state index is 13.2. The Balaban J connectivity index is 1.82. The van der Waals surface area contributed by atoms with Crippen LogP contribution in [-0.2, 0) is 0 Å². The molecule has 1 fully saturated rings. The van der Waals surface area contributed by atoms with Gasteiger partial charge in [0.05, 0.1) is 17.8 Å². The number of rotatable bonds is 5. The third-order valence-corrected chi connectivity index (χ3v) is 5.90. The van der Waals surface area contributed by atoms with Gasteiger partial charge in [-0.3, -0.25) is 14.7 Å². The number of hydrogen-bond acceptors (Lipinski definition) is 4. The summed E-state index contributed by atoms with van der Waals surface area (Å²) in [6, 6.07) is 15.4. The minimum atomic E-state index is -0.225. The smallest absolute Gasteiger partial charge is 0.265 e. The monoisotopic (exact) mass is 389 g/mol. The molecule has 5 heteroatoms. The van der Waals surface area contributed by atoms with Crippen LogP contribution < -0.4 is 5.56 Å². The van der Waals surface area contributed by atoms with Gasteiger partial charge in [0.1, 0.15) is 0 Å². The standard InChI is InChI=1S/C24H27N3O2/c1-3-26-14-8-10-18(26)15-25-16-21-19-11-5-6-12-20(19)23(28)27(24(21)29)22-13-7-4-9-17(22)2/h4-7,9,11-13,16,18,29H,3,8,10,14-15H2,1-2H3/t18-/m1/s1. The first-order valence-corrected chi connectivity index (χ1v) is 10.3. The summed E-state index contributed by atoms with van der Waals surface area (Å²) < 4.78 is 1.40. The number of pyridine rings is 1. The third kappa shape index (κ3) is 3.58. The number of para-hydroxylation sites is 1. The summed E-state index contributed by atoms with van der Waals surface area (Å²) in [7, 11) is 0. The Labute approximate surface area is 170 Å². The van der Waals surface area contributed by atoms with Gasteiger partial charge in [0.25, 0.3) is 5.56 Å². The molecule has 4 rings (SSSR count). The summed E-state index contributed by atoms with van der Waals surface area (Å²) in [5.74, 6) is -0.0643. The van der Waals surface area contributed by atoms with Crippen molar-refractivity contribution in [1.29, 1.82) is 0 Å². The average molecular weight is 389 g/mol. The lowest BCUT2D eigenvalue weighted by Crippen LogP contribution is -2.31. The van der Waals surface area contributed by atoms with E-state index in [9.17, 15) is 9.90 Å². The summed E-state index contributed by atoms with van der Waals surface area (Å²) >= 11 is 0. The van der Waals surface area contributed by atoms with Crippen LogP contribution in [0.2, 0.25) is 0 Å². The number of aromatic nitrogens is 1. The van der Waals surface area contributed by atoms with E-state index >= 15 is 0 Å². The van der Waals surface area contributed by atoms with Crippen LogP contribution in [0.4, 0.5) is 0 Å². The highest BCUT2D eigenvalue weighted by atomic mass is 16.3. The zero-order chi connectivity index (χ0) is 20.4. The minimum absolute atomic E-state index is 0.0643. The van der Waals surface area contributed by atoms with Crippen molar-refractivity contribution < 1.29 is 5.11 Å². The predicted molar refractivity (Wildman–Crippen MR) is 119 cm³/mol. The van der Waals surface area contributed by atoms with Crippen molar-refractivity contribution in [1.82, 2.24) is 9.47 Å². The van der Waals surface area contributed by atoms with Crippen LogP contribution in [0, 0.1) is 6.92 Å². The van der Waals surface area contributed by atoms with E-state index in [2.05, 4.69) is 16.8 Å². The number of hydrogen-bond donors (Lipinski definition) is 1. The molecular formula is C24H27N3O2. The molecule has 0 spiro atoms. The van der Waals surface area contributed by atoms with Crippen LogP contribution in [0.3, 0.4) is 0 Å². The molecule has 0 unspecified atom stereocenters. The fourth-order valence-electron chi connectivity index (χ4n) is 4.31. The Morgan fingerprint density at radius 1 is 1.14 bits per heavy atom. The zero-order valence-electron chi connectivity index (χ0n) is 17.0. The van der Waals surface area contributed by atoms with Crippen LogP contribution in [0.5, 0.6) is 5.88 Å². The van der Waals surface area contributed by atoms with E-state index in [1.807, 2.05) is 49.4 Å². The summed E-state index contributed by atoms with van der Waals surface area (Å²) in [4.78, 5) is 20.3. The van der Waals surface area contributed by atoms with E-state index < -0.39 is 0 Å². The number of fused-ring (bicyclic) bond motifs is 1. The number of aryl methyl sites for hydroxylation is 1. The quantitative estimate of drug-likeness (QED) is 0.673. The predicted octanol–water partition coefficient (Wildman–Crippen LogP) is 3.91. The number of aliphatic imine (C=N–C) groups is 1. The van der Waals surface area contributed by atoms with Gasteiger partial charge in [0.2, 0.25) is 5.88 Å². The van der Waals surface area contributed by atoms with Gasteiger partial charge < -0.3 is 5.11 Å². The highest BCUT2D eigenvalue weighted by Crippen LogP contribution is 2.27. The molecular weight excluding hydrogens is 362 g/mol. The molecule has 0 saturated carbocycles. The average Bonchev–Trinajstić information content (AvgIpc) is 3.19. The van der Waals surface area contributed by atoms with Crippen molar-refractivity contribution in [3.8, 4) is 11.6 Å². The lowest BCUT2D eigenvalue weighted by atomic mass is 10.1. The van der Waals surface area contributed by atoms with Crippen LogP contribution >= 0.6 is 0 Å². The number of aromatic hydroxyl groups is 1. The molecule has 0 radical (unpaired) electrons. The Morgan fingerprint density at radius 3 is 2.62 bits per heavy atom. The second kappa shape index (κ2) is 8.21. The largest absolute Gasteiger partial charge is 0.494 e. The van der Waals surface area contributed by atoms with Crippen LogP contribution in [0.25, 0.3) is 16.5 Å². The second-order valence-electron chi connectivity index (χ2n) is 7.63. The lowest BCUT2D eigenvalue weighted by Gasteiger charge is -2.20. The van der Waals surface area contributed by atoms with E-state index in [-0.39, 0.29) is 11.4 Å². The zero-order valence-corrected chi connectivity index (χ0v) is 17.0. The fraction of sp³-hybridized carbons (Fsp3) is 0.333. The molecule has 1 aromatic heterocycles. The van der Waals surface area contributed by atoms with Gasteiger partial charge in [-0.05, 0) is 50.6 Å². The first-order valence-electron chi connectivity index (χ1n) is 10.3. The van der Waals surface area contributed by atoms with E-state index in [4.69, 9.17) is 0 Å². The topological polar surface area (TPSA) is 57.8 Å². The van der Waals surface area contributed by atoms with Gasteiger partial charge in [-0.15, -0.1) is 0 Å². The number of likely N-dealkylation sites (N-methyl/N-ethyl adjacent to an activating group) is 1. The maximum absolute atomic E-state index is 13.2. The first-order chi connectivity index (χ1) is 14.1. The molecule has 3 aromatic rings. The minimum Gasteiger partial charge on any atom is -0.494 e. The lowest BCUT2D eigenvalue weighted by molar-refractivity contribution is 0.273. The molecule has 2 aromatic carbocycles. The van der Waals surface area contributed by atoms with Gasteiger partial charge in [0.15, 0.2) is 0 Å². The summed E-state index contributed by atoms with van der Waals surface area (Å²) in [5, 5.41) is 12.4. The molecule has 150 valence electrons. The van der Waals surface area contributed by atoms with Crippen LogP contribution in [-0.4, -0.2) is 46.5 Å². The number of likely N-dealkylation sites (tertiary alicyclic amines) is 1. The van der Waals surface area contributed by atoms with Gasteiger partial charge in [-0.25, -0.2) is 4.57 Å². The fourth-order valence-corrected chi connectivity index (χ4v) is 4.31. The van der Waals surface area contributed by atoms with Crippen molar-refractivity contribution in [2.45, 2.75) is 32.7 Å². The SMILES string of the molecule is CCN1CCC[C@@H]1CN=Cc1c(O)n(-c2ccccc2C)c(=O)c2ccccc12. The normalized spacial score (nSPS) is 17.5. The Bertz CT molecular complexity index is 1120. The highest BCUT2D eigenvalue weighted by Gasteiger charge is 2.22. The molecule has 1 aliphatic rings. The molecule has 1 N–H and O–H groups in total. The molecule has 1 saturated heterocycles. The van der Waals surface area contributed by atoms with E-state index in [1.165, 1.54) is 11.0 Å². The molecule has 0 amide bonds. The van der Waals surface area contributed by atoms with E-state index in [1.54, 1.807) is 12.3 Å². The molecule has 29 heavy (non-hydrogen) atoms. The van der Waals surface area contributed by atoms with E-state index in [0.717, 1.165) is 30.5 Å². The molecule has 5 nitrogen and oxygen atoms in total. The van der Waals surface area contributed by atoms with Gasteiger partial charge in [-0.2, -0.15) is 0 Å². The molecule has 0 bridgehead atoms. The number of benzene rings is 2. The van der Waals surface area contributed by atoms with Crippen LogP contribution in [0.15, 0.2) is 58.3 Å². The van der Waals surface area contributed by atoms with Crippen LogP contribution in [0.1, 0.15) is 30.9 Å². The maximum Gasteiger partial charge on any atom is 0.265 e. The first kappa shape index (κ1) is 19.4. The second-order valence-corrected chi connectivity index (χ2v) is 7.63. The number of nitrogens with zero attached hydrogens (tertiary/aromatic N) is 3. The Kier molecular flexibility index (Phi) is 5.49. The molecule has 0 aliphatic carbocycles. The van der Waals surface area contributed by atoms with Crippen molar-refractivity contribution in [3.63, 3.8) is 0 Å². The summed E-state index contributed by atoms with van der Waals surface area (Å²) in [6.45, 7) is 6.98. The molecule has 1 atom stereocenters. The van der Waals surface area contributed by atoms with Gasteiger partial charge in [-0.1, -0.05) is 43.3 Å². The van der Waals surface area contributed by atoms with Crippen molar-refractivity contribution >= 4 is 17.0 Å². The summed E-state index contributed by atoms with van der Waals surface area (Å²) in [5.41, 5.74) is 1.97. The van der Waals surface area contributed by atoms with Gasteiger partial charge in [0, 0.05) is 23.0 Å². The Morgan fingerprint density at radius 2 is 1.86 bits per heavy atom.